The Hall–Kier alpha value is -3.64. The topological polar surface area (TPSA) is 9.23 Å². The van der Waals surface area contributed by atoms with E-state index in [1.54, 1.807) is 12.1 Å². The van der Waals surface area contributed by atoms with Gasteiger partial charge in [0, 0.05) is 5.56 Å². The van der Waals surface area contributed by atoms with Gasteiger partial charge in [0.25, 0.3) is 0 Å². The molecule has 0 amide bonds. The average Bonchev–Trinajstić information content (AvgIpc) is 2.79. The van der Waals surface area contributed by atoms with Crippen molar-refractivity contribution in [2.24, 2.45) is 0 Å². The molecule has 0 fully saturated rings. The Balaban J connectivity index is 1.51. The maximum atomic E-state index is 14.7. The van der Waals surface area contributed by atoms with Gasteiger partial charge in [0.05, 0.1) is 12.2 Å². The highest BCUT2D eigenvalue weighted by atomic mass is 19.1. The molecule has 0 saturated heterocycles. The van der Waals surface area contributed by atoms with Crippen molar-refractivity contribution in [1.82, 2.24) is 0 Å². The molecule has 0 saturated carbocycles. The van der Waals surface area contributed by atoms with E-state index >= 15 is 0 Å². The Morgan fingerprint density at radius 3 is 2.26 bits per heavy atom. The molecule has 4 rings (SSSR count). The van der Waals surface area contributed by atoms with Crippen LogP contribution < -0.4 is 4.74 Å². The van der Waals surface area contributed by atoms with Crippen LogP contribution in [0.5, 0.6) is 5.75 Å². The van der Waals surface area contributed by atoms with E-state index in [0.29, 0.717) is 12.2 Å². The molecule has 0 heterocycles. The second kappa shape index (κ2) is 9.45. The molecule has 4 aromatic carbocycles. The van der Waals surface area contributed by atoms with Crippen molar-refractivity contribution in [2.45, 2.75) is 19.8 Å². The Bertz CT molecular complexity index is 1260. The first-order valence-electron chi connectivity index (χ1n) is 10.4. The van der Waals surface area contributed by atoms with Crippen molar-refractivity contribution in [3.8, 4) is 28.7 Å². The maximum Gasteiger partial charge on any atom is 0.139 e. The molecule has 3 heteroatoms. The van der Waals surface area contributed by atoms with Gasteiger partial charge in [0.1, 0.15) is 17.4 Å². The van der Waals surface area contributed by atoms with Crippen LogP contribution in [-0.2, 0) is 0 Å². The van der Waals surface area contributed by atoms with E-state index < -0.39 is 0 Å². The number of fused-ring (bicyclic) bond motifs is 1. The third-order valence-corrected chi connectivity index (χ3v) is 5.07. The summed E-state index contributed by atoms with van der Waals surface area (Å²) >= 11 is 0. The second-order valence-electron chi connectivity index (χ2n) is 7.38. The molecule has 0 radical (unpaired) electrons. The van der Waals surface area contributed by atoms with E-state index in [0.717, 1.165) is 46.1 Å². The Morgan fingerprint density at radius 2 is 1.48 bits per heavy atom. The predicted octanol–water partition coefficient (Wildman–Crippen LogP) is 7.36. The zero-order valence-corrected chi connectivity index (χ0v) is 17.3. The standard InChI is InChI=1S/C28H22F2O/c1-2-3-16-31-27-14-11-21(12-15-27)25-9-8-22(28(30)19-25)6-4-20-5-7-24-18-26(29)13-10-23(24)17-20/h5,7-15,17-19H,2-3,16H2,1H3. The van der Waals surface area contributed by atoms with Crippen LogP contribution >= 0.6 is 0 Å². The molecule has 31 heavy (non-hydrogen) atoms. The van der Waals surface area contributed by atoms with Gasteiger partial charge < -0.3 is 4.74 Å². The van der Waals surface area contributed by atoms with Crippen molar-refractivity contribution in [2.75, 3.05) is 6.61 Å². The van der Waals surface area contributed by atoms with E-state index in [4.69, 9.17) is 4.74 Å². The van der Waals surface area contributed by atoms with Gasteiger partial charge in [-0.25, -0.2) is 8.78 Å². The van der Waals surface area contributed by atoms with Crippen molar-refractivity contribution in [3.63, 3.8) is 0 Å². The van der Waals surface area contributed by atoms with Gasteiger partial charge in [-0.05, 0) is 76.9 Å². The molecule has 0 aliphatic rings. The normalized spacial score (nSPS) is 10.5. The van der Waals surface area contributed by atoms with Gasteiger partial charge in [-0.15, -0.1) is 0 Å². The first-order chi connectivity index (χ1) is 15.1. The SMILES string of the molecule is CCCCOc1ccc(-c2ccc(C#Cc3ccc4cc(F)ccc4c3)c(F)c2)cc1. The molecule has 0 atom stereocenters. The second-order valence-corrected chi connectivity index (χ2v) is 7.38. The van der Waals surface area contributed by atoms with Crippen LogP contribution in [0.1, 0.15) is 30.9 Å². The molecule has 0 bridgehead atoms. The number of hydrogen-bond acceptors (Lipinski definition) is 1. The van der Waals surface area contributed by atoms with Crippen LogP contribution in [0.3, 0.4) is 0 Å². The maximum absolute atomic E-state index is 14.7. The molecule has 0 aliphatic carbocycles. The monoisotopic (exact) mass is 412 g/mol. The van der Waals surface area contributed by atoms with E-state index in [-0.39, 0.29) is 11.6 Å². The summed E-state index contributed by atoms with van der Waals surface area (Å²) < 4.78 is 33.6. The van der Waals surface area contributed by atoms with Crippen LogP contribution in [0.2, 0.25) is 0 Å². The van der Waals surface area contributed by atoms with E-state index in [9.17, 15) is 8.78 Å². The third-order valence-electron chi connectivity index (χ3n) is 5.07. The summed E-state index contributed by atoms with van der Waals surface area (Å²) in [5.74, 6) is 6.08. The molecule has 0 unspecified atom stereocenters. The van der Waals surface area contributed by atoms with Gasteiger partial charge in [0.2, 0.25) is 0 Å². The van der Waals surface area contributed by atoms with Gasteiger partial charge in [-0.3, -0.25) is 0 Å². The van der Waals surface area contributed by atoms with Gasteiger partial charge in [0.15, 0.2) is 0 Å². The molecular formula is C28H22F2O. The lowest BCUT2D eigenvalue weighted by Gasteiger charge is -2.07. The summed E-state index contributed by atoms with van der Waals surface area (Å²) in [6.07, 6.45) is 2.11. The van der Waals surface area contributed by atoms with Gasteiger partial charge in [-0.1, -0.05) is 55.5 Å². The summed E-state index contributed by atoms with van der Waals surface area (Å²) in [5.41, 5.74) is 2.79. The minimum absolute atomic E-state index is 0.271. The van der Waals surface area contributed by atoms with Gasteiger partial charge in [-0.2, -0.15) is 0 Å². The largest absolute Gasteiger partial charge is 0.494 e. The lowest BCUT2D eigenvalue weighted by atomic mass is 10.0. The lowest BCUT2D eigenvalue weighted by Crippen LogP contribution is -1.96. The smallest absolute Gasteiger partial charge is 0.139 e. The van der Waals surface area contributed by atoms with Crippen LogP contribution in [0, 0.1) is 23.5 Å². The molecule has 0 N–H and O–H groups in total. The average molecular weight is 412 g/mol. The fourth-order valence-corrected chi connectivity index (χ4v) is 3.31. The molecule has 0 aliphatic heterocycles. The van der Waals surface area contributed by atoms with Crippen LogP contribution in [0.4, 0.5) is 8.78 Å². The zero-order valence-electron chi connectivity index (χ0n) is 17.3. The van der Waals surface area contributed by atoms with E-state index in [1.165, 1.54) is 18.2 Å². The fourth-order valence-electron chi connectivity index (χ4n) is 3.31. The Labute approximate surface area is 181 Å². The number of halogens is 2. The summed E-state index contributed by atoms with van der Waals surface area (Å²) in [6.45, 7) is 2.82. The third kappa shape index (κ3) is 5.10. The highest BCUT2D eigenvalue weighted by Gasteiger charge is 2.05. The number of ether oxygens (including phenoxy) is 1. The fraction of sp³-hybridized carbons (Fsp3) is 0.143. The number of rotatable bonds is 5. The molecule has 4 aromatic rings. The Kier molecular flexibility index (Phi) is 6.29. The molecule has 1 nitrogen and oxygen atoms in total. The predicted molar refractivity (Wildman–Crippen MR) is 122 cm³/mol. The highest BCUT2D eigenvalue weighted by molar-refractivity contribution is 5.84. The van der Waals surface area contributed by atoms with Crippen molar-refractivity contribution in [3.05, 3.63) is 102 Å². The molecular weight excluding hydrogens is 390 g/mol. The summed E-state index contributed by atoms with van der Waals surface area (Å²) in [4.78, 5) is 0. The number of unbranched alkanes of at least 4 members (excludes halogenated alkanes) is 1. The Morgan fingerprint density at radius 1 is 0.742 bits per heavy atom. The molecule has 154 valence electrons. The van der Waals surface area contributed by atoms with E-state index in [1.807, 2.05) is 48.5 Å². The minimum Gasteiger partial charge on any atom is -0.494 e. The van der Waals surface area contributed by atoms with Crippen LogP contribution in [-0.4, -0.2) is 6.61 Å². The van der Waals surface area contributed by atoms with Gasteiger partial charge >= 0.3 is 0 Å². The first kappa shape index (κ1) is 20.6. The van der Waals surface area contributed by atoms with Crippen LogP contribution in [0.15, 0.2) is 78.9 Å². The quantitative estimate of drug-likeness (QED) is 0.246. The molecule has 0 aromatic heterocycles. The highest BCUT2D eigenvalue weighted by Crippen LogP contribution is 2.24. The number of benzene rings is 4. The van der Waals surface area contributed by atoms with E-state index in [2.05, 4.69) is 18.8 Å². The number of hydrogen-bond donors (Lipinski definition) is 0. The lowest BCUT2D eigenvalue weighted by molar-refractivity contribution is 0.309. The summed E-state index contributed by atoms with van der Waals surface area (Å²) in [6, 6.07) is 22.8. The summed E-state index contributed by atoms with van der Waals surface area (Å²) in [7, 11) is 0. The van der Waals surface area contributed by atoms with Crippen LogP contribution in [0.25, 0.3) is 21.9 Å². The molecule has 0 spiro atoms. The van der Waals surface area contributed by atoms with Crippen molar-refractivity contribution >= 4 is 10.8 Å². The van der Waals surface area contributed by atoms with Crippen molar-refractivity contribution in [1.29, 1.82) is 0 Å². The first-order valence-corrected chi connectivity index (χ1v) is 10.4. The van der Waals surface area contributed by atoms with Crippen molar-refractivity contribution < 1.29 is 13.5 Å². The summed E-state index contributed by atoms with van der Waals surface area (Å²) in [5, 5.41) is 1.70. The zero-order chi connectivity index (χ0) is 21.6. The minimum atomic E-state index is -0.365.